The highest BCUT2D eigenvalue weighted by Crippen LogP contribution is 2.23. The van der Waals surface area contributed by atoms with E-state index in [0.717, 1.165) is 11.1 Å². The van der Waals surface area contributed by atoms with Crippen molar-refractivity contribution in [3.05, 3.63) is 35.4 Å². The molecule has 0 aliphatic heterocycles. The molecule has 0 spiro atoms. The van der Waals surface area contributed by atoms with Gasteiger partial charge in [-0.2, -0.15) is 14.8 Å². The first-order valence-electron chi connectivity index (χ1n) is 8.02. The Bertz CT molecular complexity index is 983. The van der Waals surface area contributed by atoms with Crippen molar-refractivity contribution in [1.29, 1.82) is 0 Å². The first-order valence-corrected chi connectivity index (χ1v) is 8.40. The molecule has 2 N–H and O–H groups in total. The molecule has 3 heterocycles. The largest absolute Gasteiger partial charge is 0.391 e. The zero-order valence-corrected chi connectivity index (χ0v) is 15.5. The number of oxime groups is 1. The number of hydrogen-bond acceptors (Lipinski definition) is 7. The maximum Gasteiger partial charge on any atom is 0.235 e. The summed E-state index contributed by atoms with van der Waals surface area (Å²) in [6.07, 6.45) is 6.55. The number of nitrogens with two attached hydrogens (primary N) is 1. The molecule has 3 rings (SSSR count). The highest BCUT2D eigenvalue weighted by atomic mass is 35.5. The van der Waals surface area contributed by atoms with Gasteiger partial charge in [0.05, 0.1) is 17.4 Å². The monoisotopic (exact) mass is 374 g/mol. The maximum atomic E-state index is 5.88. The van der Waals surface area contributed by atoms with E-state index in [2.05, 4.69) is 25.2 Å². The predicted octanol–water partition coefficient (Wildman–Crippen LogP) is 2.50. The number of halogens is 1. The van der Waals surface area contributed by atoms with Gasteiger partial charge in [0.2, 0.25) is 11.9 Å². The van der Waals surface area contributed by atoms with Crippen molar-refractivity contribution in [1.82, 2.24) is 29.3 Å². The maximum absolute atomic E-state index is 5.88. The van der Waals surface area contributed by atoms with E-state index in [0.29, 0.717) is 35.4 Å². The molecule has 0 saturated carbocycles. The quantitative estimate of drug-likeness (QED) is 0.403. The van der Waals surface area contributed by atoms with Crippen molar-refractivity contribution in [2.45, 2.75) is 27.3 Å². The second-order valence-corrected chi connectivity index (χ2v) is 6.10. The molecular weight excluding hydrogens is 356 g/mol. The molecule has 3 aromatic heterocycles. The minimum atomic E-state index is 0.265. The van der Waals surface area contributed by atoms with Gasteiger partial charge in [-0.3, -0.25) is 4.98 Å². The first-order chi connectivity index (χ1) is 12.5. The van der Waals surface area contributed by atoms with Gasteiger partial charge in [0, 0.05) is 23.3 Å². The van der Waals surface area contributed by atoms with E-state index in [1.807, 2.05) is 18.4 Å². The number of hydrogen-bond donors (Lipinski definition) is 1. The smallest absolute Gasteiger partial charge is 0.235 e. The summed E-state index contributed by atoms with van der Waals surface area (Å²) >= 11 is 5.78. The van der Waals surface area contributed by atoms with Crippen molar-refractivity contribution >= 4 is 34.3 Å². The van der Waals surface area contributed by atoms with Crippen LogP contribution in [0.15, 0.2) is 35.0 Å². The number of aromatic nitrogens is 6. The van der Waals surface area contributed by atoms with Gasteiger partial charge in [-0.15, -0.1) is 0 Å². The summed E-state index contributed by atoms with van der Waals surface area (Å²) in [7, 11) is 0. The third kappa shape index (κ3) is 3.38. The van der Waals surface area contributed by atoms with Crippen LogP contribution in [0, 0.1) is 0 Å². The van der Waals surface area contributed by atoms with Gasteiger partial charge in [-0.05, 0) is 26.8 Å². The Morgan fingerprint density at radius 1 is 1.38 bits per heavy atom. The Hall–Kier alpha value is -2.94. The van der Waals surface area contributed by atoms with Crippen molar-refractivity contribution in [2.75, 3.05) is 12.3 Å². The zero-order valence-electron chi connectivity index (χ0n) is 14.7. The third-order valence-corrected chi connectivity index (χ3v) is 3.89. The highest BCUT2D eigenvalue weighted by molar-refractivity contribution is 6.29. The lowest BCUT2D eigenvalue weighted by molar-refractivity contribution is 0.174. The molecule has 0 amide bonds. The molecule has 0 aliphatic rings. The molecule has 0 saturated heterocycles. The molecule has 0 aliphatic carbocycles. The minimum Gasteiger partial charge on any atom is -0.391 e. The van der Waals surface area contributed by atoms with Crippen molar-refractivity contribution in [3.8, 4) is 5.95 Å². The standard InChI is InChI=1S/C16H19ClN8O/c1-4-24-14-12(11(3)23-26-6-5-10(2)17)7-19-8-13(14)22-16(24)25-15(18)20-9-21-25/h5,7-9H,4,6H2,1-3H3,(H2,18,20,21)/b10-5+,23-11-. The summed E-state index contributed by atoms with van der Waals surface area (Å²) in [6.45, 7) is 6.60. The molecule has 136 valence electrons. The molecule has 10 heteroatoms. The van der Waals surface area contributed by atoms with Crippen molar-refractivity contribution in [3.63, 3.8) is 0 Å². The summed E-state index contributed by atoms with van der Waals surface area (Å²) in [5.41, 5.74) is 8.96. The number of nitrogen functional groups attached to an aromatic ring is 1. The summed E-state index contributed by atoms with van der Waals surface area (Å²) in [4.78, 5) is 18.1. The molecule has 0 aromatic carbocycles. The van der Waals surface area contributed by atoms with E-state index in [4.69, 9.17) is 22.2 Å². The number of nitrogens with zero attached hydrogens (tertiary/aromatic N) is 7. The number of pyridine rings is 1. The lowest BCUT2D eigenvalue weighted by Crippen LogP contribution is -2.11. The fraction of sp³-hybridized carbons (Fsp3) is 0.312. The van der Waals surface area contributed by atoms with Crippen LogP contribution in [0.3, 0.4) is 0 Å². The Balaban J connectivity index is 2.07. The van der Waals surface area contributed by atoms with E-state index < -0.39 is 0 Å². The molecular formula is C16H19ClN8O. The van der Waals surface area contributed by atoms with Crippen LogP contribution < -0.4 is 5.73 Å². The zero-order chi connectivity index (χ0) is 18.7. The van der Waals surface area contributed by atoms with Gasteiger partial charge in [-0.1, -0.05) is 16.8 Å². The second kappa shape index (κ2) is 7.52. The fourth-order valence-electron chi connectivity index (χ4n) is 2.54. The molecule has 26 heavy (non-hydrogen) atoms. The van der Waals surface area contributed by atoms with Gasteiger partial charge in [0.1, 0.15) is 18.5 Å². The molecule has 0 atom stereocenters. The van der Waals surface area contributed by atoms with Crippen LogP contribution in [0.25, 0.3) is 17.0 Å². The highest BCUT2D eigenvalue weighted by Gasteiger charge is 2.18. The van der Waals surface area contributed by atoms with Crippen LogP contribution in [0.1, 0.15) is 26.3 Å². The van der Waals surface area contributed by atoms with Crippen molar-refractivity contribution in [2.24, 2.45) is 5.16 Å². The molecule has 0 fully saturated rings. The Kier molecular flexibility index (Phi) is 5.17. The van der Waals surface area contributed by atoms with Gasteiger partial charge >= 0.3 is 0 Å². The lowest BCUT2D eigenvalue weighted by Gasteiger charge is -2.09. The summed E-state index contributed by atoms with van der Waals surface area (Å²) in [5.74, 6) is 0.836. The molecule has 9 nitrogen and oxygen atoms in total. The van der Waals surface area contributed by atoms with Crippen LogP contribution >= 0.6 is 11.6 Å². The van der Waals surface area contributed by atoms with Crippen LogP contribution in [-0.4, -0.2) is 41.6 Å². The first kappa shape index (κ1) is 17.9. The van der Waals surface area contributed by atoms with E-state index in [1.54, 1.807) is 25.4 Å². The second-order valence-electron chi connectivity index (χ2n) is 5.50. The van der Waals surface area contributed by atoms with Gasteiger partial charge in [-0.25, -0.2) is 4.98 Å². The minimum absolute atomic E-state index is 0.265. The fourth-order valence-corrected chi connectivity index (χ4v) is 2.61. The van der Waals surface area contributed by atoms with Crippen LogP contribution in [0.4, 0.5) is 5.95 Å². The molecule has 0 unspecified atom stereocenters. The number of rotatable bonds is 6. The van der Waals surface area contributed by atoms with E-state index in [1.165, 1.54) is 11.0 Å². The van der Waals surface area contributed by atoms with Gasteiger partial charge in [0.25, 0.3) is 0 Å². The Labute approximate surface area is 155 Å². The van der Waals surface area contributed by atoms with Crippen molar-refractivity contribution < 1.29 is 4.84 Å². The predicted molar refractivity (Wildman–Crippen MR) is 100 cm³/mol. The Morgan fingerprint density at radius 3 is 2.85 bits per heavy atom. The van der Waals surface area contributed by atoms with E-state index >= 15 is 0 Å². The molecule has 0 radical (unpaired) electrons. The number of anilines is 1. The Morgan fingerprint density at radius 2 is 2.19 bits per heavy atom. The van der Waals surface area contributed by atoms with Crippen LogP contribution in [0.2, 0.25) is 0 Å². The average molecular weight is 375 g/mol. The summed E-state index contributed by atoms with van der Waals surface area (Å²) in [6, 6.07) is 0. The topological polar surface area (TPSA) is 109 Å². The summed E-state index contributed by atoms with van der Waals surface area (Å²) < 4.78 is 3.48. The SMILES string of the molecule is CCn1c(-n2ncnc2N)nc2cncc(/C(C)=N\OC/C=C(\C)Cl)c21. The number of imidazole rings is 1. The van der Waals surface area contributed by atoms with E-state index in [-0.39, 0.29) is 5.95 Å². The van der Waals surface area contributed by atoms with Gasteiger partial charge in [0.15, 0.2) is 0 Å². The number of allylic oxidation sites excluding steroid dienone is 1. The lowest BCUT2D eigenvalue weighted by atomic mass is 10.1. The average Bonchev–Trinajstić information content (AvgIpc) is 3.20. The summed E-state index contributed by atoms with van der Waals surface area (Å²) in [5, 5.41) is 8.95. The molecule has 0 bridgehead atoms. The number of aryl methyl sites for hydroxylation is 1. The van der Waals surface area contributed by atoms with Crippen LogP contribution in [0.5, 0.6) is 0 Å². The van der Waals surface area contributed by atoms with Gasteiger partial charge < -0.3 is 15.1 Å². The van der Waals surface area contributed by atoms with Crippen LogP contribution in [-0.2, 0) is 11.4 Å². The van der Waals surface area contributed by atoms with E-state index in [9.17, 15) is 0 Å². The number of fused-ring (bicyclic) bond motifs is 1. The third-order valence-electron chi connectivity index (χ3n) is 3.74. The molecule has 3 aromatic rings. The normalized spacial score (nSPS) is 12.8.